The van der Waals surface area contributed by atoms with E-state index in [0.29, 0.717) is 17.5 Å². The second-order valence-corrected chi connectivity index (χ2v) is 15.1. The average Bonchev–Trinajstić information content (AvgIpc) is 3.70. The van der Waals surface area contributed by atoms with Gasteiger partial charge in [0.1, 0.15) is 0 Å². The third-order valence-electron chi connectivity index (χ3n) is 10.5. The van der Waals surface area contributed by atoms with Crippen molar-refractivity contribution in [2.75, 3.05) is 0 Å². The molecule has 7 aromatic carbocycles. The number of hydrogen-bond donors (Lipinski definition) is 0. The van der Waals surface area contributed by atoms with Gasteiger partial charge in [0.05, 0.1) is 0 Å². The molecule has 246 valence electrons. The monoisotopic (exact) mass is 683 g/mol. The fraction of sp³-hybridized carbons (Fsp3) is 0.0625. The number of nitrogens with zero attached hydrogens (tertiary/aromatic N) is 3. The molecule has 1 aliphatic rings. The summed E-state index contributed by atoms with van der Waals surface area (Å²) in [7, 11) is 0. The Balaban J connectivity index is 1.05. The molecule has 9 aromatic rings. The molecule has 2 heterocycles. The van der Waals surface area contributed by atoms with Crippen molar-refractivity contribution in [1.29, 1.82) is 0 Å². The number of fused-ring (bicyclic) bond motifs is 6. The van der Waals surface area contributed by atoms with E-state index in [1.165, 1.54) is 53.6 Å². The van der Waals surface area contributed by atoms with Crippen molar-refractivity contribution >= 4 is 31.5 Å². The minimum absolute atomic E-state index is 0.0348. The van der Waals surface area contributed by atoms with Gasteiger partial charge in [0.15, 0.2) is 17.5 Å². The molecule has 52 heavy (non-hydrogen) atoms. The Bertz CT molecular complexity index is 2760. The van der Waals surface area contributed by atoms with Crippen LogP contribution in [0.4, 0.5) is 0 Å². The van der Waals surface area contributed by atoms with Gasteiger partial charge in [-0.15, -0.1) is 11.3 Å². The third-order valence-corrected chi connectivity index (χ3v) is 11.8. The van der Waals surface area contributed by atoms with Gasteiger partial charge in [-0.1, -0.05) is 153 Å². The summed E-state index contributed by atoms with van der Waals surface area (Å²) in [5, 5.41) is 2.56. The van der Waals surface area contributed by atoms with Gasteiger partial charge in [0, 0.05) is 42.3 Å². The Morgan fingerprint density at radius 3 is 1.69 bits per heavy atom. The van der Waals surface area contributed by atoms with Crippen LogP contribution in [0.15, 0.2) is 164 Å². The van der Waals surface area contributed by atoms with Crippen LogP contribution in [-0.2, 0) is 5.41 Å². The van der Waals surface area contributed by atoms with E-state index in [9.17, 15) is 0 Å². The van der Waals surface area contributed by atoms with Crippen LogP contribution in [0.1, 0.15) is 25.0 Å². The molecular weight excluding hydrogens is 651 g/mol. The molecule has 3 nitrogen and oxygen atoms in total. The van der Waals surface area contributed by atoms with Crippen LogP contribution < -0.4 is 0 Å². The molecule has 0 N–H and O–H groups in total. The van der Waals surface area contributed by atoms with Crippen molar-refractivity contribution in [3.05, 3.63) is 175 Å². The number of aromatic nitrogens is 3. The van der Waals surface area contributed by atoms with Crippen molar-refractivity contribution in [3.8, 4) is 67.5 Å². The predicted octanol–water partition coefficient (Wildman–Crippen LogP) is 12.9. The van der Waals surface area contributed by atoms with E-state index in [0.717, 1.165) is 27.8 Å². The molecule has 0 amide bonds. The second kappa shape index (κ2) is 11.9. The van der Waals surface area contributed by atoms with E-state index in [1.54, 1.807) is 0 Å². The van der Waals surface area contributed by atoms with E-state index in [4.69, 9.17) is 15.0 Å². The highest BCUT2D eigenvalue weighted by Crippen LogP contribution is 2.50. The van der Waals surface area contributed by atoms with Gasteiger partial charge in [0.25, 0.3) is 0 Å². The van der Waals surface area contributed by atoms with Crippen LogP contribution in [0.25, 0.3) is 87.7 Å². The number of hydrogen-bond acceptors (Lipinski definition) is 4. The maximum Gasteiger partial charge on any atom is 0.164 e. The Labute approximate surface area is 307 Å². The number of benzene rings is 7. The number of thiophene rings is 1. The summed E-state index contributed by atoms with van der Waals surface area (Å²) in [6.45, 7) is 4.70. The zero-order chi connectivity index (χ0) is 34.8. The van der Waals surface area contributed by atoms with Gasteiger partial charge in [-0.05, 0) is 68.8 Å². The maximum atomic E-state index is 4.98. The first-order valence-corrected chi connectivity index (χ1v) is 18.5. The normalized spacial score (nSPS) is 13.0. The second-order valence-electron chi connectivity index (χ2n) is 14.0. The molecule has 0 unspecified atom stereocenters. The third kappa shape index (κ3) is 4.98. The van der Waals surface area contributed by atoms with Gasteiger partial charge in [-0.25, -0.2) is 15.0 Å². The highest BCUT2D eigenvalue weighted by atomic mass is 32.1. The van der Waals surface area contributed by atoms with Crippen LogP contribution in [0, 0.1) is 0 Å². The summed E-state index contributed by atoms with van der Waals surface area (Å²) >= 11 is 1.88. The van der Waals surface area contributed by atoms with E-state index >= 15 is 0 Å². The lowest BCUT2D eigenvalue weighted by Gasteiger charge is -2.22. The summed E-state index contributed by atoms with van der Waals surface area (Å²) < 4.78 is 2.61. The SMILES string of the molecule is CC1(C)c2ccccc2-c2ccc(-c3cccc4c3sc3ccc(-c5cccc(-c6nc(-c7ccccc7)nc(-c7ccccc7)n6)c5)cc34)cc21. The quantitative estimate of drug-likeness (QED) is 0.181. The molecular formula is C48H33N3S. The molecule has 1 aliphatic carbocycles. The van der Waals surface area contributed by atoms with Crippen molar-refractivity contribution in [3.63, 3.8) is 0 Å². The fourth-order valence-electron chi connectivity index (χ4n) is 7.85. The van der Waals surface area contributed by atoms with Gasteiger partial charge >= 0.3 is 0 Å². The van der Waals surface area contributed by atoms with Gasteiger partial charge in [-0.2, -0.15) is 0 Å². The molecule has 0 fully saturated rings. The van der Waals surface area contributed by atoms with Gasteiger partial charge in [0.2, 0.25) is 0 Å². The van der Waals surface area contributed by atoms with Crippen LogP contribution in [-0.4, -0.2) is 15.0 Å². The summed E-state index contributed by atoms with van der Waals surface area (Å²) in [6.07, 6.45) is 0. The van der Waals surface area contributed by atoms with Crippen LogP contribution in [0.2, 0.25) is 0 Å². The summed E-state index contributed by atoms with van der Waals surface area (Å²) in [6, 6.07) is 58.3. The zero-order valence-corrected chi connectivity index (χ0v) is 29.7. The standard InChI is InChI=1S/C48H33N3S/c1-48(2)41-22-10-9-19-37(41)38-25-23-34(29-42(38)48)36-20-12-21-39-40-28-33(24-26-43(40)52-44(36)39)32-17-11-18-35(27-32)47-50-45(30-13-5-3-6-14-30)49-46(51-47)31-15-7-4-8-16-31/h3-29H,1-2H3. The summed E-state index contributed by atoms with van der Waals surface area (Å²) in [5.74, 6) is 1.98. The molecule has 0 bridgehead atoms. The molecule has 0 saturated carbocycles. The van der Waals surface area contributed by atoms with Crippen molar-refractivity contribution < 1.29 is 0 Å². The molecule has 0 spiro atoms. The lowest BCUT2D eigenvalue weighted by atomic mass is 9.81. The van der Waals surface area contributed by atoms with E-state index in [-0.39, 0.29) is 5.41 Å². The fourth-order valence-corrected chi connectivity index (χ4v) is 9.07. The molecule has 0 aliphatic heterocycles. The Morgan fingerprint density at radius 2 is 0.942 bits per heavy atom. The van der Waals surface area contributed by atoms with Crippen molar-refractivity contribution in [2.24, 2.45) is 0 Å². The predicted molar refractivity (Wildman–Crippen MR) is 217 cm³/mol. The first-order valence-electron chi connectivity index (χ1n) is 17.7. The minimum Gasteiger partial charge on any atom is -0.208 e. The minimum atomic E-state index is -0.0348. The van der Waals surface area contributed by atoms with E-state index in [1.807, 2.05) is 72.0 Å². The van der Waals surface area contributed by atoms with E-state index in [2.05, 4.69) is 117 Å². The van der Waals surface area contributed by atoms with Crippen molar-refractivity contribution in [2.45, 2.75) is 19.3 Å². The summed E-state index contributed by atoms with van der Waals surface area (Å²) in [4.78, 5) is 14.8. The molecule has 10 rings (SSSR count). The lowest BCUT2D eigenvalue weighted by molar-refractivity contribution is 0.660. The van der Waals surface area contributed by atoms with Crippen LogP contribution in [0.3, 0.4) is 0 Å². The molecule has 0 radical (unpaired) electrons. The highest BCUT2D eigenvalue weighted by Gasteiger charge is 2.35. The van der Waals surface area contributed by atoms with E-state index < -0.39 is 0 Å². The van der Waals surface area contributed by atoms with Gasteiger partial charge < -0.3 is 0 Å². The highest BCUT2D eigenvalue weighted by molar-refractivity contribution is 7.26. The smallest absolute Gasteiger partial charge is 0.164 e. The largest absolute Gasteiger partial charge is 0.208 e. The number of rotatable bonds is 5. The van der Waals surface area contributed by atoms with Crippen molar-refractivity contribution in [1.82, 2.24) is 15.0 Å². The zero-order valence-electron chi connectivity index (χ0n) is 28.8. The molecule has 0 saturated heterocycles. The first kappa shape index (κ1) is 30.6. The lowest BCUT2D eigenvalue weighted by Crippen LogP contribution is -2.14. The molecule has 4 heteroatoms. The van der Waals surface area contributed by atoms with Crippen LogP contribution in [0.5, 0.6) is 0 Å². The Hall–Kier alpha value is -6.23. The Kier molecular flexibility index (Phi) is 7.02. The molecule has 0 atom stereocenters. The maximum absolute atomic E-state index is 4.98. The molecule has 2 aromatic heterocycles. The average molecular weight is 684 g/mol. The Morgan fingerprint density at radius 1 is 0.385 bits per heavy atom. The topological polar surface area (TPSA) is 38.7 Å². The van der Waals surface area contributed by atoms with Gasteiger partial charge in [-0.3, -0.25) is 0 Å². The van der Waals surface area contributed by atoms with Crippen LogP contribution >= 0.6 is 11.3 Å². The summed E-state index contributed by atoms with van der Waals surface area (Å²) in [5.41, 5.74) is 13.2. The first-order chi connectivity index (χ1) is 25.5.